The first-order valence-corrected chi connectivity index (χ1v) is 10.6. The number of para-hydroxylation sites is 2. The molecule has 1 atom stereocenters. The highest BCUT2D eigenvalue weighted by atomic mass is 16.5. The summed E-state index contributed by atoms with van der Waals surface area (Å²) in [5, 5.41) is 7.49. The molecule has 0 aliphatic rings. The monoisotopic (exact) mass is 446 g/mol. The largest absolute Gasteiger partial charge is 0.493 e. The van der Waals surface area contributed by atoms with Crippen molar-refractivity contribution in [3.05, 3.63) is 53.6 Å². The minimum atomic E-state index is -0.309. The smallest absolute Gasteiger partial charge is 0.257 e. The van der Waals surface area contributed by atoms with Gasteiger partial charge in [0.25, 0.3) is 5.91 Å². The summed E-state index contributed by atoms with van der Waals surface area (Å²) in [7, 11) is 3.15. The van der Waals surface area contributed by atoms with E-state index in [1.807, 2.05) is 44.2 Å². The number of nitrogens with two attached hydrogens (primary N) is 1. The molecule has 0 radical (unpaired) electrons. The Balaban J connectivity index is 1.87. The van der Waals surface area contributed by atoms with Gasteiger partial charge in [0.2, 0.25) is 0 Å². The molecule has 1 amide bonds. The van der Waals surface area contributed by atoms with Gasteiger partial charge in [0.15, 0.2) is 17.1 Å². The van der Waals surface area contributed by atoms with Crippen molar-refractivity contribution in [3.63, 3.8) is 0 Å². The SMILES string of the molecule is CCC(C)NC(=O)c1c(N)n(/N=C\c2ccc(OC)c(OC)c2)c2nc3ccccc3nc12. The second-order valence-electron chi connectivity index (χ2n) is 7.60. The number of amides is 1. The Labute approximate surface area is 191 Å². The molecule has 0 bridgehead atoms. The molecule has 2 aromatic heterocycles. The Morgan fingerprint density at radius 3 is 2.52 bits per heavy atom. The molecule has 0 aliphatic heterocycles. The third-order valence-electron chi connectivity index (χ3n) is 5.42. The van der Waals surface area contributed by atoms with Crippen LogP contribution in [0.25, 0.3) is 22.2 Å². The number of anilines is 1. The molecule has 33 heavy (non-hydrogen) atoms. The number of methoxy groups -OCH3 is 2. The Kier molecular flexibility index (Phi) is 6.12. The van der Waals surface area contributed by atoms with Crippen LogP contribution in [-0.2, 0) is 0 Å². The lowest BCUT2D eigenvalue weighted by Gasteiger charge is -2.11. The van der Waals surface area contributed by atoms with Gasteiger partial charge in [-0.2, -0.15) is 9.78 Å². The zero-order chi connectivity index (χ0) is 23.5. The van der Waals surface area contributed by atoms with Gasteiger partial charge in [0, 0.05) is 6.04 Å². The summed E-state index contributed by atoms with van der Waals surface area (Å²) in [6, 6.07) is 12.9. The van der Waals surface area contributed by atoms with Crippen molar-refractivity contribution in [2.24, 2.45) is 5.10 Å². The van der Waals surface area contributed by atoms with Crippen LogP contribution in [0.1, 0.15) is 36.2 Å². The number of ether oxygens (including phenoxy) is 2. The molecule has 4 rings (SSSR count). The van der Waals surface area contributed by atoms with E-state index < -0.39 is 0 Å². The van der Waals surface area contributed by atoms with Crippen LogP contribution in [0.2, 0.25) is 0 Å². The van der Waals surface area contributed by atoms with Crippen LogP contribution >= 0.6 is 0 Å². The fourth-order valence-electron chi connectivity index (χ4n) is 3.44. The minimum Gasteiger partial charge on any atom is -0.493 e. The quantitative estimate of drug-likeness (QED) is 0.419. The molecule has 3 N–H and O–H groups in total. The molecule has 0 fully saturated rings. The van der Waals surface area contributed by atoms with Crippen molar-refractivity contribution >= 4 is 40.1 Å². The molecular formula is C24H26N6O3. The summed E-state index contributed by atoms with van der Waals surface area (Å²) in [4.78, 5) is 22.5. The number of carbonyl (C=O) groups excluding carboxylic acids is 1. The van der Waals surface area contributed by atoms with Crippen molar-refractivity contribution in [2.75, 3.05) is 20.0 Å². The van der Waals surface area contributed by atoms with Crippen LogP contribution in [0.5, 0.6) is 11.5 Å². The maximum absolute atomic E-state index is 13.1. The third kappa shape index (κ3) is 4.17. The number of nitrogen functional groups attached to an aromatic ring is 1. The molecule has 9 heteroatoms. The summed E-state index contributed by atoms with van der Waals surface area (Å²) in [5.74, 6) is 1.04. The standard InChI is InChI=1S/C24H26N6O3/c1-5-14(2)27-24(31)20-21-23(29-17-9-7-6-8-16(17)28-21)30(22(20)25)26-13-15-10-11-18(32-3)19(12-15)33-4/h6-14H,5,25H2,1-4H3,(H,27,31)/b26-13-. The highest BCUT2D eigenvalue weighted by Gasteiger charge is 2.24. The lowest BCUT2D eigenvalue weighted by atomic mass is 10.2. The van der Waals surface area contributed by atoms with Gasteiger partial charge in [-0.05, 0) is 49.2 Å². The molecule has 0 saturated carbocycles. The average molecular weight is 447 g/mol. The van der Waals surface area contributed by atoms with Crippen LogP contribution in [-0.4, -0.2) is 47.0 Å². The first kappa shape index (κ1) is 22.1. The van der Waals surface area contributed by atoms with E-state index in [2.05, 4.69) is 15.4 Å². The lowest BCUT2D eigenvalue weighted by molar-refractivity contribution is 0.0941. The van der Waals surface area contributed by atoms with Crippen molar-refractivity contribution in [1.82, 2.24) is 20.0 Å². The Morgan fingerprint density at radius 2 is 1.85 bits per heavy atom. The Hall–Kier alpha value is -4.14. The van der Waals surface area contributed by atoms with Gasteiger partial charge in [0.05, 0.1) is 31.5 Å². The molecular weight excluding hydrogens is 420 g/mol. The summed E-state index contributed by atoms with van der Waals surface area (Å²) in [5.41, 5.74) is 9.59. The first-order valence-electron chi connectivity index (χ1n) is 10.6. The van der Waals surface area contributed by atoms with E-state index in [4.69, 9.17) is 20.2 Å². The molecule has 0 saturated heterocycles. The molecule has 2 heterocycles. The highest BCUT2D eigenvalue weighted by molar-refractivity contribution is 6.10. The summed E-state index contributed by atoms with van der Waals surface area (Å²) in [6.45, 7) is 3.93. The number of hydrogen-bond acceptors (Lipinski definition) is 7. The Bertz CT molecular complexity index is 1360. The van der Waals surface area contributed by atoms with E-state index in [9.17, 15) is 4.79 Å². The van der Waals surface area contributed by atoms with Gasteiger partial charge in [-0.15, -0.1) is 0 Å². The number of benzene rings is 2. The van der Waals surface area contributed by atoms with Gasteiger partial charge < -0.3 is 20.5 Å². The van der Waals surface area contributed by atoms with Crippen LogP contribution < -0.4 is 20.5 Å². The normalized spacial score (nSPS) is 12.4. The molecule has 0 spiro atoms. The van der Waals surface area contributed by atoms with Crippen molar-refractivity contribution in [1.29, 1.82) is 0 Å². The molecule has 170 valence electrons. The van der Waals surface area contributed by atoms with Gasteiger partial charge in [0.1, 0.15) is 16.9 Å². The minimum absolute atomic E-state index is 0.0148. The summed E-state index contributed by atoms with van der Waals surface area (Å²) >= 11 is 0. The van der Waals surface area contributed by atoms with E-state index in [0.29, 0.717) is 33.7 Å². The van der Waals surface area contributed by atoms with E-state index >= 15 is 0 Å². The number of fused-ring (bicyclic) bond motifs is 2. The van der Waals surface area contributed by atoms with E-state index in [0.717, 1.165) is 12.0 Å². The van der Waals surface area contributed by atoms with Crippen molar-refractivity contribution in [3.8, 4) is 11.5 Å². The lowest BCUT2D eigenvalue weighted by Crippen LogP contribution is -2.32. The van der Waals surface area contributed by atoms with Crippen LogP contribution in [0.3, 0.4) is 0 Å². The second kappa shape index (κ2) is 9.15. The third-order valence-corrected chi connectivity index (χ3v) is 5.42. The highest BCUT2D eigenvalue weighted by Crippen LogP contribution is 2.29. The zero-order valence-electron chi connectivity index (χ0n) is 19.0. The number of rotatable bonds is 7. The van der Waals surface area contributed by atoms with E-state index in [1.165, 1.54) is 4.68 Å². The van der Waals surface area contributed by atoms with Gasteiger partial charge in [-0.1, -0.05) is 19.1 Å². The molecule has 0 aliphatic carbocycles. The van der Waals surface area contributed by atoms with Crippen LogP contribution in [0, 0.1) is 0 Å². The number of nitrogens with one attached hydrogen (secondary N) is 1. The number of carbonyl (C=O) groups is 1. The summed E-state index contributed by atoms with van der Waals surface area (Å²) < 4.78 is 12.1. The van der Waals surface area contributed by atoms with Gasteiger partial charge in [-0.3, -0.25) is 4.79 Å². The fraction of sp³-hybridized carbons (Fsp3) is 0.250. The van der Waals surface area contributed by atoms with Crippen LogP contribution in [0.4, 0.5) is 5.82 Å². The van der Waals surface area contributed by atoms with Gasteiger partial charge >= 0.3 is 0 Å². The van der Waals surface area contributed by atoms with Crippen molar-refractivity contribution in [2.45, 2.75) is 26.3 Å². The van der Waals surface area contributed by atoms with E-state index in [1.54, 1.807) is 32.6 Å². The molecule has 9 nitrogen and oxygen atoms in total. The topological polar surface area (TPSA) is 117 Å². The predicted molar refractivity (Wildman–Crippen MR) is 129 cm³/mol. The average Bonchev–Trinajstić information content (AvgIpc) is 3.10. The number of hydrogen-bond donors (Lipinski definition) is 2. The van der Waals surface area contributed by atoms with Crippen LogP contribution in [0.15, 0.2) is 47.6 Å². The predicted octanol–water partition coefficient (Wildman–Crippen LogP) is 3.59. The summed E-state index contributed by atoms with van der Waals surface area (Å²) in [6.07, 6.45) is 2.40. The van der Waals surface area contributed by atoms with Gasteiger partial charge in [-0.25, -0.2) is 9.97 Å². The van der Waals surface area contributed by atoms with Crippen molar-refractivity contribution < 1.29 is 14.3 Å². The maximum Gasteiger partial charge on any atom is 0.257 e. The fourth-order valence-corrected chi connectivity index (χ4v) is 3.44. The maximum atomic E-state index is 13.1. The molecule has 1 unspecified atom stereocenters. The van der Waals surface area contributed by atoms with E-state index in [-0.39, 0.29) is 23.3 Å². The zero-order valence-corrected chi connectivity index (χ0v) is 19.0. The second-order valence-corrected chi connectivity index (χ2v) is 7.60. The first-order chi connectivity index (χ1) is 16.0. The molecule has 4 aromatic rings. The Morgan fingerprint density at radius 1 is 1.15 bits per heavy atom. The number of nitrogens with zero attached hydrogens (tertiary/aromatic N) is 4. The number of aromatic nitrogens is 3. The molecule has 2 aromatic carbocycles.